The molecule has 0 saturated carbocycles. The minimum atomic E-state index is 0. The number of aromatic nitrogens is 3. The van der Waals surface area contributed by atoms with Gasteiger partial charge in [-0.05, 0) is 37.1 Å². The van der Waals surface area contributed by atoms with E-state index in [-0.39, 0.29) is 18.3 Å². The molecule has 0 radical (unpaired) electrons. The second-order valence-electron chi connectivity index (χ2n) is 6.97. The number of anilines is 1. The molecular formula is C22H22BrClN4OS. The molecule has 2 heterocycles. The summed E-state index contributed by atoms with van der Waals surface area (Å²) in [5, 5.41) is 0.751. The first-order chi connectivity index (χ1) is 14.1. The summed E-state index contributed by atoms with van der Waals surface area (Å²) >= 11 is 5.07. The predicted molar refractivity (Wildman–Crippen MR) is 129 cm³/mol. The van der Waals surface area contributed by atoms with Crippen LogP contribution in [0, 0.1) is 6.92 Å². The van der Waals surface area contributed by atoms with Crippen molar-refractivity contribution in [3.8, 4) is 0 Å². The Morgan fingerprint density at radius 2 is 2.10 bits per heavy atom. The van der Waals surface area contributed by atoms with Gasteiger partial charge in [0, 0.05) is 30.0 Å². The molecule has 2 aromatic carbocycles. The molecule has 0 unspecified atom stereocenters. The summed E-state index contributed by atoms with van der Waals surface area (Å²) in [7, 11) is 0. The highest BCUT2D eigenvalue weighted by molar-refractivity contribution is 9.10. The van der Waals surface area contributed by atoms with Gasteiger partial charge in [-0.3, -0.25) is 9.69 Å². The lowest BCUT2D eigenvalue weighted by Crippen LogP contribution is -2.33. The van der Waals surface area contributed by atoms with E-state index in [1.165, 1.54) is 0 Å². The number of benzene rings is 2. The Bertz CT molecular complexity index is 1130. The number of halogens is 2. The molecule has 4 aromatic rings. The Labute approximate surface area is 194 Å². The molecule has 0 aliphatic heterocycles. The summed E-state index contributed by atoms with van der Waals surface area (Å²) in [6, 6.07) is 14.1. The van der Waals surface area contributed by atoms with Gasteiger partial charge in [-0.25, -0.2) is 9.97 Å². The molecule has 0 aliphatic carbocycles. The fraction of sp³-hybridized carbons (Fsp3) is 0.227. The van der Waals surface area contributed by atoms with Gasteiger partial charge in [0.25, 0.3) is 0 Å². The molecular weight excluding hydrogens is 484 g/mol. The molecule has 156 valence electrons. The van der Waals surface area contributed by atoms with Crippen LogP contribution in [0.3, 0.4) is 0 Å². The van der Waals surface area contributed by atoms with E-state index in [9.17, 15) is 4.79 Å². The number of rotatable bonds is 7. The van der Waals surface area contributed by atoms with Crippen LogP contribution in [0.25, 0.3) is 10.2 Å². The maximum atomic E-state index is 13.2. The lowest BCUT2D eigenvalue weighted by atomic mass is 10.1. The smallest absolute Gasteiger partial charge is 0.233 e. The van der Waals surface area contributed by atoms with Crippen LogP contribution in [0.2, 0.25) is 0 Å². The van der Waals surface area contributed by atoms with Crippen LogP contribution in [0.15, 0.2) is 65.7 Å². The van der Waals surface area contributed by atoms with Crippen LogP contribution in [0.5, 0.6) is 0 Å². The first-order valence-electron chi connectivity index (χ1n) is 9.46. The number of imidazole rings is 1. The zero-order valence-electron chi connectivity index (χ0n) is 16.5. The summed E-state index contributed by atoms with van der Waals surface area (Å²) in [4.78, 5) is 23.9. The number of carbonyl (C=O) groups is 1. The summed E-state index contributed by atoms with van der Waals surface area (Å²) in [6.07, 6.45) is 6.70. The average Bonchev–Trinajstić information content (AvgIpc) is 3.34. The van der Waals surface area contributed by atoms with Gasteiger partial charge >= 0.3 is 0 Å². The van der Waals surface area contributed by atoms with Gasteiger partial charge in [-0.1, -0.05) is 57.1 Å². The molecule has 2 aromatic heterocycles. The zero-order chi connectivity index (χ0) is 20.2. The Hall–Kier alpha value is -2.22. The molecule has 0 N–H and O–H groups in total. The maximum Gasteiger partial charge on any atom is 0.233 e. The first-order valence-corrected chi connectivity index (χ1v) is 11.1. The fourth-order valence-electron chi connectivity index (χ4n) is 3.25. The van der Waals surface area contributed by atoms with Gasteiger partial charge in [0.2, 0.25) is 5.91 Å². The normalized spacial score (nSPS) is 10.7. The molecule has 0 atom stereocenters. The van der Waals surface area contributed by atoms with E-state index >= 15 is 0 Å². The van der Waals surface area contributed by atoms with Crippen molar-refractivity contribution in [2.45, 2.75) is 26.3 Å². The highest BCUT2D eigenvalue weighted by Crippen LogP contribution is 2.31. The van der Waals surface area contributed by atoms with Crippen LogP contribution < -0.4 is 4.90 Å². The predicted octanol–water partition coefficient (Wildman–Crippen LogP) is 5.65. The van der Waals surface area contributed by atoms with E-state index in [1.807, 2.05) is 59.0 Å². The Morgan fingerprint density at radius 3 is 2.87 bits per heavy atom. The van der Waals surface area contributed by atoms with Crippen molar-refractivity contribution in [2.24, 2.45) is 0 Å². The van der Waals surface area contributed by atoms with E-state index in [0.29, 0.717) is 13.0 Å². The molecule has 8 heteroatoms. The second-order valence-corrected chi connectivity index (χ2v) is 8.90. The van der Waals surface area contributed by atoms with Crippen molar-refractivity contribution in [1.29, 1.82) is 0 Å². The van der Waals surface area contributed by atoms with Crippen LogP contribution in [-0.2, 0) is 17.8 Å². The van der Waals surface area contributed by atoms with E-state index < -0.39 is 0 Å². The molecule has 5 nitrogen and oxygen atoms in total. The molecule has 0 bridgehead atoms. The number of carbonyl (C=O) groups excluding carboxylic acids is 1. The molecule has 0 fully saturated rings. The lowest BCUT2D eigenvalue weighted by molar-refractivity contribution is -0.118. The topological polar surface area (TPSA) is 51.0 Å². The van der Waals surface area contributed by atoms with Gasteiger partial charge < -0.3 is 4.57 Å². The lowest BCUT2D eigenvalue weighted by Gasteiger charge is -2.20. The summed E-state index contributed by atoms with van der Waals surface area (Å²) in [5.74, 6) is 0.0688. The van der Waals surface area contributed by atoms with Gasteiger partial charge in [0.1, 0.15) is 0 Å². The molecule has 4 rings (SSSR count). The monoisotopic (exact) mass is 504 g/mol. The van der Waals surface area contributed by atoms with Gasteiger partial charge in [0.05, 0.1) is 23.0 Å². The van der Waals surface area contributed by atoms with E-state index in [0.717, 1.165) is 43.9 Å². The maximum absolute atomic E-state index is 13.2. The number of hydrogen-bond acceptors (Lipinski definition) is 4. The van der Waals surface area contributed by atoms with Gasteiger partial charge in [-0.2, -0.15) is 0 Å². The number of nitrogens with zero attached hydrogens (tertiary/aromatic N) is 4. The molecule has 1 amide bonds. The second kappa shape index (κ2) is 10.2. The third-order valence-electron chi connectivity index (χ3n) is 4.67. The SMILES string of the molecule is Cc1cccc(CC(=O)N(CCCn2ccnc2)c2nc3ccc(Br)cc3s2)c1.Cl. The van der Waals surface area contributed by atoms with E-state index in [1.54, 1.807) is 23.9 Å². The van der Waals surface area contributed by atoms with Crippen molar-refractivity contribution < 1.29 is 4.79 Å². The Balaban J connectivity index is 0.00000256. The Kier molecular flexibility index (Phi) is 7.64. The Morgan fingerprint density at radius 1 is 1.23 bits per heavy atom. The summed E-state index contributed by atoms with van der Waals surface area (Å²) < 4.78 is 4.11. The van der Waals surface area contributed by atoms with Crippen molar-refractivity contribution in [2.75, 3.05) is 11.4 Å². The highest BCUT2D eigenvalue weighted by Gasteiger charge is 2.20. The zero-order valence-corrected chi connectivity index (χ0v) is 19.7. The number of amides is 1. The molecule has 0 spiro atoms. The molecule has 0 saturated heterocycles. The first kappa shape index (κ1) is 22.5. The minimum absolute atomic E-state index is 0. The van der Waals surface area contributed by atoms with Crippen LogP contribution >= 0.6 is 39.7 Å². The number of hydrogen-bond donors (Lipinski definition) is 0. The fourth-order valence-corrected chi connectivity index (χ4v) is 4.81. The van der Waals surface area contributed by atoms with Crippen LogP contribution in [0.4, 0.5) is 5.13 Å². The van der Waals surface area contributed by atoms with E-state index in [2.05, 4.69) is 27.0 Å². The third-order valence-corrected chi connectivity index (χ3v) is 6.20. The van der Waals surface area contributed by atoms with Gasteiger partial charge in [0.15, 0.2) is 5.13 Å². The van der Waals surface area contributed by atoms with Crippen molar-refractivity contribution >= 4 is 60.9 Å². The quantitative estimate of drug-likeness (QED) is 0.326. The van der Waals surface area contributed by atoms with Crippen molar-refractivity contribution in [3.63, 3.8) is 0 Å². The number of fused-ring (bicyclic) bond motifs is 1. The number of thiazole rings is 1. The van der Waals surface area contributed by atoms with E-state index in [4.69, 9.17) is 4.98 Å². The van der Waals surface area contributed by atoms with Crippen LogP contribution in [0.1, 0.15) is 17.5 Å². The largest absolute Gasteiger partial charge is 0.337 e. The summed E-state index contributed by atoms with van der Waals surface area (Å²) in [5.41, 5.74) is 3.10. The van der Waals surface area contributed by atoms with Crippen molar-refractivity contribution in [1.82, 2.24) is 14.5 Å². The molecule has 30 heavy (non-hydrogen) atoms. The standard InChI is InChI=1S/C22H21BrN4OS.ClH/c1-16-4-2-5-17(12-16)13-21(28)27(10-3-9-26-11-8-24-15-26)22-25-19-7-6-18(23)14-20(19)29-22;/h2,4-8,11-12,14-15H,3,9-10,13H2,1H3;1H. The third kappa shape index (κ3) is 5.47. The molecule has 0 aliphatic rings. The van der Waals surface area contributed by atoms with Crippen LogP contribution in [-0.4, -0.2) is 27.0 Å². The minimum Gasteiger partial charge on any atom is -0.337 e. The summed E-state index contributed by atoms with van der Waals surface area (Å²) in [6.45, 7) is 3.47. The van der Waals surface area contributed by atoms with Gasteiger partial charge in [-0.15, -0.1) is 12.4 Å². The number of aryl methyl sites for hydroxylation is 2. The van der Waals surface area contributed by atoms with Crippen molar-refractivity contribution in [3.05, 3.63) is 76.8 Å². The highest BCUT2D eigenvalue weighted by atomic mass is 79.9. The average molecular weight is 506 g/mol.